The van der Waals surface area contributed by atoms with Crippen LogP contribution in [0.2, 0.25) is 0 Å². The van der Waals surface area contributed by atoms with E-state index in [-0.39, 0.29) is 18.1 Å². The van der Waals surface area contributed by atoms with Crippen LogP contribution >= 0.6 is 22.9 Å². The largest absolute Gasteiger partial charge is 0.281 e. The molecule has 1 amide bonds. The lowest BCUT2D eigenvalue weighted by Gasteiger charge is -2.11. The van der Waals surface area contributed by atoms with Gasteiger partial charge in [0.05, 0.1) is 29.3 Å². The summed E-state index contributed by atoms with van der Waals surface area (Å²) in [4.78, 5) is 11.6. The molecule has 0 N–H and O–H groups in total. The van der Waals surface area contributed by atoms with E-state index >= 15 is 0 Å². The monoisotopic (exact) mass is 319 g/mol. The lowest BCUT2D eigenvalue weighted by atomic mass is 10.1. The van der Waals surface area contributed by atoms with Gasteiger partial charge in [0.2, 0.25) is 5.91 Å². The summed E-state index contributed by atoms with van der Waals surface area (Å²) in [6.07, 6.45) is 1.95. The molecule has 0 atom stereocenters. The molecule has 0 aromatic heterocycles. The van der Waals surface area contributed by atoms with Crippen molar-refractivity contribution in [3.05, 3.63) is 48.3 Å². The Kier molecular flexibility index (Phi) is 4.74. The number of amides is 1. The van der Waals surface area contributed by atoms with Gasteiger partial charge in [0.1, 0.15) is 5.82 Å². The lowest BCUT2D eigenvalue weighted by Crippen LogP contribution is -2.22. The summed E-state index contributed by atoms with van der Waals surface area (Å²) in [5, 5.41) is 0. The van der Waals surface area contributed by atoms with E-state index in [2.05, 4.69) is 6.58 Å². The summed E-state index contributed by atoms with van der Waals surface area (Å²) < 4.78 is 14.1. The highest BCUT2D eigenvalue weighted by atomic mass is 127. The molecule has 15 heavy (non-hydrogen) atoms. The number of halogens is 2. The zero-order valence-corrected chi connectivity index (χ0v) is 10.3. The number of nitrogens with zero attached hydrogens (tertiary/aromatic N) is 1. The van der Waals surface area contributed by atoms with E-state index in [9.17, 15) is 9.18 Å². The molecule has 80 valence electrons. The van der Waals surface area contributed by atoms with Crippen LogP contribution in [-0.4, -0.2) is 15.6 Å². The van der Waals surface area contributed by atoms with Crippen LogP contribution in [0.5, 0.6) is 0 Å². The van der Waals surface area contributed by atoms with Crippen molar-refractivity contribution in [1.82, 2.24) is 3.11 Å². The van der Waals surface area contributed by atoms with Crippen LogP contribution in [0.4, 0.5) is 4.39 Å². The molecule has 1 rings (SSSR count). The molecule has 0 bridgehead atoms. The number of carbonyl (C=O) groups is 1. The van der Waals surface area contributed by atoms with Gasteiger partial charge in [-0.3, -0.25) is 7.91 Å². The van der Waals surface area contributed by atoms with Gasteiger partial charge in [0, 0.05) is 6.54 Å². The standard InChI is InChI=1S/C11H11FINO/c1-2-7-14(13)11(15)8-9-3-5-10(12)6-4-9/h2-6H,1,7-8H2. The van der Waals surface area contributed by atoms with Crippen molar-refractivity contribution in [2.24, 2.45) is 0 Å². The SMILES string of the molecule is C=CCN(I)C(=O)Cc1ccc(F)cc1. The third-order valence-corrected chi connectivity index (χ3v) is 2.76. The van der Waals surface area contributed by atoms with Gasteiger partial charge < -0.3 is 0 Å². The second-order valence-corrected chi connectivity index (χ2v) is 4.20. The minimum Gasteiger partial charge on any atom is -0.281 e. The zero-order chi connectivity index (χ0) is 11.3. The maximum atomic E-state index is 12.6. The van der Waals surface area contributed by atoms with E-state index in [1.807, 2.05) is 22.9 Å². The van der Waals surface area contributed by atoms with Gasteiger partial charge in [-0.1, -0.05) is 18.2 Å². The Bertz CT molecular complexity index is 350. The third kappa shape index (κ3) is 3.99. The van der Waals surface area contributed by atoms with E-state index in [1.54, 1.807) is 21.3 Å². The first-order valence-electron chi connectivity index (χ1n) is 4.45. The number of carbonyl (C=O) groups excluding carboxylic acids is 1. The van der Waals surface area contributed by atoms with E-state index < -0.39 is 0 Å². The number of hydrogen-bond acceptors (Lipinski definition) is 1. The van der Waals surface area contributed by atoms with Gasteiger partial charge >= 0.3 is 0 Å². The van der Waals surface area contributed by atoms with Crippen LogP contribution in [0, 0.1) is 5.82 Å². The minimum absolute atomic E-state index is 0.0119. The number of benzene rings is 1. The average Bonchev–Trinajstić information content (AvgIpc) is 2.22. The summed E-state index contributed by atoms with van der Waals surface area (Å²) in [6.45, 7) is 4.07. The van der Waals surface area contributed by atoms with Crippen molar-refractivity contribution >= 4 is 28.8 Å². The molecule has 0 aliphatic heterocycles. The van der Waals surface area contributed by atoms with Gasteiger partial charge in [-0.05, 0) is 17.7 Å². The Morgan fingerprint density at radius 1 is 1.47 bits per heavy atom. The van der Waals surface area contributed by atoms with Crippen LogP contribution in [-0.2, 0) is 11.2 Å². The van der Waals surface area contributed by atoms with Crippen LogP contribution in [0.25, 0.3) is 0 Å². The van der Waals surface area contributed by atoms with Crippen molar-refractivity contribution in [3.63, 3.8) is 0 Å². The molecule has 0 spiro atoms. The second-order valence-electron chi connectivity index (χ2n) is 3.03. The third-order valence-electron chi connectivity index (χ3n) is 1.83. The topological polar surface area (TPSA) is 20.3 Å². The Morgan fingerprint density at radius 3 is 2.60 bits per heavy atom. The maximum absolute atomic E-state index is 12.6. The smallest absolute Gasteiger partial charge is 0.235 e. The molecule has 0 saturated carbocycles. The van der Waals surface area contributed by atoms with Crippen LogP contribution in [0.3, 0.4) is 0 Å². The predicted octanol–water partition coefficient (Wildman–Crippen LogP) is 2.73. The molecule has 1 aromatic rings. The van der Waals surface area contributed by atoms with E-state index in [0.717, 1.165) is 5.56 Å². The summed E-state index contributed by atoms with van der Waals surface area (Å²) in [5.74, 6) is -0.300. The summed E-state index contributed by atoms with van der Waals surface area (Å²) >= 11 is 1.94. The molecule has 4 heteroatoms. The molecule has 0 saturated heterocycles. The molecule has 0 radical (unpaired) electrons. The lowest BCUT2D eigenvalue weighted by molar-refractivity contribution is -0.124. The number of hydrogen-bond donors (Lipinski definition) is 0. The normalized spacial score (nSPS) is 9.73. The first kappa shape index (κ1) is 12.2. The molecular weight excluding hydrogens is 308 g/mol. The molecule has 0 unspecified atom stereocenters. The van der Waals surface area contributed by atoms with Crippen LogP contribution < -0.4 is 0 Å². The molecule has 1 aromatic carbocycles. The quantitative estimate of drug-likeness (QED) is 0.475. The number of rotatable bonds is 4. The highest BCUT2D eigenvalue weighted by molar-refractivity contribution is 14.1. The second kappa shape index (κ2) is 5.85. The van der Waals surface area contributed by atoms with Crippen molar-refractivity contribution < 1.29 is 9.18 Å². The molecule has 0 heterocycles. The Hall–Kier alpha value is -0.910. The molecule has 0 aliphatic rings. The molecule has 2 nitrogen and oxygen atoms in total. The van der Waals surface area contributed by atoms with Crippen LogP contribution in [0.1, 0.15) is 5.56 Å². The highest BCUT2D eigenvalue weighted by Crippen LogP contribution is 2.08. The fraction of sp³-hybridized carbons (Fsp3) is 0.182. The first-order valence-corrected chi connectivity index (χ1v) is 5.41. The predicted molar refractivity (Wildman–Crippen MR) is 66.0 cm³/mol. The summed E-state index contributed by atoms with van der Waals surface area (Å²) in [7, 11) is 0. The molecule has 0 fully saturated rings. The molecule has 0 aliphatic carbocycles. The van der Waals surface area contributed by atoms with Gasteiger partial charge in [-0.2, -0.15) is 0 Å². The Labute approximate surface area is 102 Å². The van der Waals surface area contributed by atoms with Gasteiger partial charge in [-0.25, -0.2) is 4.39 Å². The minimum atomic E-state index is -0.288. The van der Waals surface area contributed by atoms with Gasteiger partial charge in [0.25, 0.3) is 0 Å². The highest BCUT2D eigenvalue weighted by Gasteiger charge is 2.09. The van der Waals surface area contributed by atoms with Crippen molar-refractivity contribution in [3.8, 4) is 0 Å². The van der Waals surface area contributed by atoms with E-state index in [1.165, 1.54) is 12.1 Å². The first-order chi connectivity index (χ1) is 7.13. The fourth-order valence-corrected chi connectivity index (χ4v) is 1.53. The summed E-state index contributed by atoms with van der Waals surface area (Å²) in [5.41, 5.74) is 0.812. The maximum Gasteiger partial charge on any atom is 0.235 e. The Balaban J connectivity index is 2.58. The van der Waals surface area contributed by atoms with Crippen molar-refractivity contribution in [2.75, 3.05) is 6.54 Å². The van der Waals surface area contributed by atoms with Crippen LogP contribution in [0.15, 0.2) is 36.9 Å². The fourth-order valence-electron chi connectivity index (χ4n) is 1.08. The summed E-state index contributed by atoms with van der Waals surface area (Å²) in [6, 6.07) is 5.94. The van der Waals surface area contributed by atoms with Crippen molar-refractivity contribution in [1.29, 1.82) is 0 Å². The Morgan fingerprint density at radius 2 is 2.07 bits per heavy atom. The zero-order valence-electron chi connectivity index (χ0n) is 8.12. The van der Waals surface area contributed by atoms with Gasteiger partial charge in [0.15, 0.2) is 0 Å². The van der Waals surface area contributed by atoms with E-state index in [0.29, 0.717) is 6.54 Å². The molecular formula is C11H11FINO. The van der Waals surface area contributed by atoms with Gasteiger partial charge in [-0.15, -0.1) is 6.58 Å². The van der Waals surface area contributed by atoms with Crippen molar-refractivity contribution in [2.45, 2.75) is 6.42 Å². The average molecular weight is 319 g/mol. The van der Waals surface area contributed by atoms with E-state index in [4.69, 9.17) is 0 Å².